The standard InChI is InChI=1S/C44H30N2S/c1-3-15-35(16-4-1)45(37-21-19-31-11-7-9-13-33(31)27-37)39-23-25-41-42-26-24-40(30-44(42)47-43(41)29-39)46(36-17-5-2-6-18-36)38-22-20-32-12-8-10-14-34(32)28-38/h1-30H. The summed E-state index contributed by atoms with van der Waals surface area (Å²) in [7, 11) is 0. The molecule has 0 radical (unpaired) electrons. The molecule has 9 aromatic rings. The number of benzene rings is 8. The Kier molecular flexibility index (Phi) is 6.69. The second-order valence-corrected chi connectivity index (χ2v) is 13.0. The van der Waals surface area contributed by atoms with Gasteiger partial charge in [0, 0.05) is 54.3 Å². The molecule has 0 saturated carbocycles. The van der Waals surface area contributed by atoms with E-state index in [0.717, 1.165) is 34.1 Å². The van der Waals surface area contributed by atoms with Crippen molar-refractivity contribution in [2.75, 3.05) is 9.80 Å². The Bertz CT molecular complexity index is 2360. The van der Waals surface area contributed by atoms with E-state index in [-0.39, 0.29) is 0 Å². The highest BCUT2D eigenvalue weighted by atomic mass is 32.1. The van der Waals surface area contributed by atoms with Crippen LogP contribution in [-0.4, -0.2) is 0 Å². The van der Waals surface area contributed by atoms with Gasteiger partial charge in [-0.05, 0) is 94.3 Å². The van der Waals surface area contributed by atoms with Gasteiger partial charge in [-0.3, -0.25) is 0 Å². The molecule has 0 aliphatic rings. The Hall–Kier alpha value is -5.90. The van der Waals surface area contributed by atoms with Crippen molar-refractivity contribution in [2.24, 2.45) is 0 Å². The second-order valence-electron chi connectivity index (χ2n) is 11.9. The van der Waals surface area contributed by atoms with Crippen LogP contribution in [0.5, 0.6) is 0 Å². The monoisotopic (exact) mass is 618 g/mol. The molecule has 1 aromatic heterocycles. The van der Waals surface area contributed by atoms with Crippen molar-refractivity contribution >= 4 is 87.2 Å². The lowest BCUT2D eigenvalue weighted by molar-refractivity contribution is 1.29. The molecule has 3 heteroatoms. The number of anilines is 6. The molecule has 0 aliphatic carbocycles. The maximum Gasteiger partial charge on any atom is 0.0476 e. The molecule has 0 atom stereocenters. The molecule has 9 rings (SSSR count). The lowest BCUT2D eigenvalue weighted by atomic mass is 10.1. The average Bonchev–Trinajstić information content (AvgIpc) is 3.50. The molecular formula is C44H30N2S. The van der Waals surface area contributed by atoms with E-state index in [1.54, 1.807) is 0 Å². The molecule has 0 fully saturated rings. The highest BCUT2D eigenvalue weighted by molar-refractivity contribution is 7.25. The molecule has 0 bridgehead atoms. The Morgan fingerprint density at radius 3 is 1.09 bits per heavy atom. The number of fused-ring (bicyclic) bond motifs is 5. The van der Waals surface area contributed by atoms with Crippen LogP contribution in [0.3, 0.4) is 0 Å². The summed E-state index contributed by atoms with van der Waals surface area (Å²) in [5.74, 6) is 0. The second kappa shape index (κ2) is 11.5. The van der Waals surface area contributed by atoms with Crippen molar-refractivity contribution in [1.29, 1.82) is 0 Å². The first kappa shape index (κ1) is 27.4. The van der Waals surface area contributed by atoms with Gasteiger partial charge in [0.1, 0.15) is 0 Å². The van der Waals surface area contributed by atoms with Crippen LogP contribution in [0.1, 0.15) is 0 Å². The third kappa shape index (κ3) is 4.98. The van der Waals surface area contributed by atoms with Crippen molar-refractivity contribution in [3.63, 3.8) is 0 Å². The quantitative estimate of drug-likeness (QED) is 0.183. The summed E-state index contributed by atoms with van der Waals surface area (Å²) in [5.41, 5.74) is 6.86. The number of hydrogen-bond donors (Lipinski definition) is 0. The molecule has 0 unspecified atom stereocenters. The molecule has 0 N–H and O–H groups in total. The Morgan fingerprint density at radius 2 is 0.638 bits per heavy atom. The number of hydrogen-bond acceptors (Lipinski definition) is 3. The SMILES string of the molecule is c1ccc(N(c2ccc3ccccc3c2)c2ccc3c(c2)sc2cc(N(c4ccccc4)c4ccc5ccccc5c4)ccc23)cc1. The van der Waals surface area contributed by atoms with E-state index < -0.39 is 0 Å². The fourth-order valence-corrected chi connectivity index (χ4v) is 7.88. The van der Waals surface area contributed by atoms with E-state index in [4.69, 9.17) is 0 Å². The zero-order valence-electron chi connectivity index (χ0n) is 25.6. The van der Waals surface area contributed by atoms with Crippen LogP contribution in [0.2, 0.25) is 0 Å². The average molecular weight is 619 g/mol. The fraction of sp³-hybridized carbons (Fsp3) is 0. The van der Waals surface area contributed by atoms with E-state index in [9.17, 15) is 0 Å². The van der Waals surface area contributed by atoms with Crippen LogP contribution in [-0.2, 0) is 0 Å². The first-order valence-electron chi connectivity index (χ1n) is 15.9. The Balaban J connectivity index is 1.17. The molecule has 8 aromatic carbocycles. The molecule has 1 heterocycles. The maximum atomic E-state index is 2.36. The van der Waals surface area contributed by atoms with Crippen LogP contribution in [0.4, 0.5) is 34.1 Å². The van der Waals surface area contributed by atoms with Crippen LogP contribution < -0.4 is 9.80 Å². The third-order valence-corrected chi connectivity index (χ3v) is 10.1. The molecule has 2 nitrogen and oxygen atoms in total. The summed E-state index contributed by atoms with van der Waals surface area (Å²) in [4.78, 5) is 4.72. The van der Waals surface area contributed by atoms with Gasteiger partial charge in [-0.1, -0.05) is 109 Å². The van der Waals surface area contributed by atoms with Gasteiger partial charge in [-0.15, -0.1) is 11.3 Å². The molecule has 47 heavy (non-hydrogen) atoms. The van der Waals surface area contributed by atoms with Gasteiger partial charge in [0.2, 0.25) is 0 Å². The predicted octanol–water partition coefficient (Wildman–Crippen LogP) is 13.3. The van der Waals surface area contributed by atoms with E-state index in [0.29, 0.717) is 0 Å². The van der Waals surface area contributed by atoms with Gasteiger partial charge in [-0.2, -0.15) is 0 Å². The van der Waals surface area contributed by atoms with Crippen molar-refractivity contribution in [3.05, 3.63) is 182 Å². The van der Waals surface area contributed by atoms with Crippen molar-refractivity contribution in [1.82, 2.24) is 0 Å². The van der Waals surface area contributed by atoms with Gasteiger partial charge >= 0.3 is 0 Å². The summed E-state index contributed by atoms with van der Waals surface area (Å²) < 4.78 is 2.54. The molecular weight excluding hydrogens is 589 g/mol. The van der Waals surface area contributed by atoms with Crippen molar-refractivity contribution in [2.45, 2.75) is 0 Å². The largest absolute Gasteiger partial charge is 0.310 e. The number of rotatable bonds is 6. The van der Waals surface area contributed by atoms with Crippen molar-refractivity contribution in [3.8, 4) is 0 Å². The minimum atomic E-state index is 1.14. The topological polar surface area (TPSA) is 6.48 Å². The maximum absolute atomic E-state index is 2.36. The van der Waals surface area contributed by atoms with E-state index in [1.807, 2.05) is 11.3 Å². The minimum absolute atomic E-state index is 1.14. The first-order valence-corrected chi connectivity index (χ1v) is 16.7. The van der Waals surface area contributed by atoms with Crippen LogP contribution >= 0.6 is 11.3 Å². The third-order valence-electron chi connectivity index (χ3n) is 8.97. The van der Waals surface area contributed by atoms with Gasteiger partial charge in [0.25, 0.3) is 0 Å². The lowest BCUT2D eigenvalue weighted by Crippen LogP contribution is -2.09. The lowest BCUT2D eigenvalue weighted by Gasteiger charge is -2.26. The number of thiophene rings is 1. The normalized spacial score (nSPS) is 11.4. The molecule has 0 saturated heterocycles. The summed E-state index contributed by atoms with van der Waals surface area (Å²) in [6.07, 6.45) is 0. The molecule has 0 spiro atoms. The van der Waals surface area contributed by atoms with Gasteiger partial charge in [-0.25, -0.2) is 0 Å². The van der Waals surface area contributed by atoms with Gasteiger partial charge in [0.05, 0.1) is 0 Å². The first-order chi connectivity index (χ1) is 23.3. The molecule has 0 amide bonds. The zero-order chi connectivity index (χ0) is 31.2. The highest BCUT2D eigenvalue weighted by Gasteiger charge is 2.17. The summed E-state index contributed by atoms with van der Waals surface area (Å²) >= 11 is 1.86. The van der Waals surface area contributed by atoms with E-state index in [2.05, 4.69) is 192 Å². The number of nitrogens with zero attached hydrogens (tertiary/aromatic N) is 2. The van der Waals surface area contributed by atoms with Crippen LogP contribution in [0.15, 0.2) is 182 Å². The summed E-state index contributed by atoms with van der Waals surface area (Å²) in [6.45, 7) is 0. The molecule has 0 aliphatic heterocycles. The van der Waals surface area contributed by atoms with Crippen LogP contribution in [0.25, 0.3) is 41.7 Å². The smallest absolute Gasteiger partial charge is 0.0476 e. The Labute approximate surface area is 278 Å². The Morgan fingerprint density at radius 1 is 0.277 bits per heavy atom. The van der Waals surface area contributed by atoms with Crippen molar-refractivity contribution < 1.29 is 0 Å². The number of para-hydroxylation sites is 2. The predicted molar refractivity (Wildman–Crippen MR) is 204 cm³/mol. The van der Waals surface area contributed by atoms with Gasteiger partial charge < -0.3 is 9.80 Å². The minimum Gasteiger partial charge on any atom is -0.310 e. The van der Waals surface area contributed by atoms with Gasteiger partial charge in [0.15, 0.2) is 0 Å². The van der Waals surface area contributed by atoms with E-state index in [1.165, 1.54) is 41.7 Å². The highest BCUT2D eigenvalue weighted by Crippen LogP contribution is 2.44. The molecule has 222 valence electrons. The summed E-state index contributed by atoms with van der Waals surface area (Å²) in [6, 6.07) is 65.7. The zero-order valence-corrected chi connectivity index (χ0v) is 26.4. The summed E-state index contributed by atoms with van der Waals surface area (Å²) in [5, 5.41) is 7.51. The van der Waals surface area contributed by atoms with E-state index >= 15 is 0 Å². The van der Waals surface area contributed by atoms with Crippen LogP contribution in [0, 0.1) is 0 Å². The fourth-order valence-electron chi connectivity index (χ4n) is 6.71.